The SMILES string of the molecule is O=c1c2cnc3c(-c4ccc(F)cc4)cnn3c2ccn1CCC1=CCCCC1. The van der Waals surface area contributed by atoms with Gasteiger partial charge in [-0.1, -0.05) is 23.8 Å². The van der Waals surface area contributed by atoms with Gasteiger partial charge in [-0.3, -0.25) is 4.79 Å². The number of rotatable bonds is 4. The van der Waals surface area contributed by atoms with Crippen molar-refractivity contribution in [1.29, 1.82) is 0 Å². The Labute approximate surface area is 167 Å². The number of aromatic nitrogens is 4. The lowest BCUT2D eigenvalue weighted by Crippen LogP contribution is -2.21. The van der Waals surface area contributed by atoms with Crippen molar-refractivity contribution in [2.24, 2.45) is 0 Å². The number of allylic oxidation sites excluding steroid dienone is 2. The first kappa shape index (κ1) is 17.8. The van der Waals surface area contributed by atoms with Crippen LogP contribution in [-0.4, -0.2) is 19.2 Å². The minimum absolute atomic E-state index is 0.0489. The van der Waals surface area contributed by atoms with Gasteiger partial charge in [-0.2, -0.15) is 5.10 Å². The van der Waals surface area contributed by atoms with E-state index in [1.54, 1.807) is 33.6 Å². The molecule has 0 atom stereocenters. The first-order chi connectivity index (χ1) is 14.2. The van der Waals surface area contributed by atoms with Crippen molar-refractivity contribution in [2.45, 2.75) is 38.6 Å². The largest absolute Gasteiger partial charge is 0.315 e. The highest BCUT2D eigenvalue weighted by atomic mass is 19.1. The summed E-state index contributed by atoms with van der Waals surface area (Å²) >= 11 is 0. The van der Waals surface area contributed by atoms with Crippen LogP contribution in [0.15, 0.2) is 65.4 Å². The van der Waals surface area contributed by atoms with Crippen LogP contribution in [0.1, 0.15) is 32.1 Å². The summed E-state index contributed by atoms with van der Waals surface area (Å²) in [6.07, 6.45) is 13.2. The summed E-state index contributed by atoms with van der Waals surface area (Å²) in [4.78, 5) is 17.5. The Balaban J connectivity index is 1.53. The van der Waals surface area contributed by atoms with Gasteiger partial charge in [-0.05, 0) is 55.9 Å². The molecule has 29 heavy (non-hydrogen) atoms. The van der Waals surface area contributed by atoms with Crippen molar-refractivity contribution in [3.63, 3.8) is 0 Å². The zero-order valence-electron chi connectivity index (χ0n) is 16.0. The van der Waals surface area contributed by atoms with Crippen LogP contribution in [0.2, 0.25) is 0 Å². The Morgan fingerprint density at radius 2 is 1.93 bits per heavy atom. The van der Waals surface area contributed by atoms with E-state index in [0.29, 0.717) is 17.6 Å². The minimum Gasteiger partial charge on any atom is -0.315 e. The molecular formula is C23H21FN4O. The molecular weight excluding hydrogens is 367 g/mol. The second kappa shape index (κ2) is 7.28. The molecule has 0 unspecified atom stereocenters. The average molecular weight is 388 g/mol. The maximum Gasteiger partial charge on any atom is 0.261 e. The van der Waals surface area contributed by atoms with E-state index in [0.717, 1.165) is 35.9 Å². The summed E-state index contributed by atoms with van der Waals surface area (Å²) in [6, 6.07) is 8.16. The lowest BCUT2D eigenvalue weighted by Gasteiger charge is -2.13. The molecule has 3 aromatic heterocycles. The highest BCUT2D eigenvalue weighted by molar-refractivity contribution is 5.84. The van der Waals surface area contributed by atoms with E-state index in [1.807, 2.05) is 12.3 Å². The monoisotopic (exact) mass is 388 g/mol. The van der Waals surface area contributed by atoms with Gasteiger partial charge < -0.3 is 4.57 Å². The third-order valence-electron chi connectivity index (χ3n) is 5.68. The molecule has 0 aliphatic heterocycles. The van der Waals surface area contributed by atoms with Crippen LogP contribution in [0.3, 0.4) is 0 Å². The predicted octanol–water partition coefficient (Wildman–Crippen LogP) is 4.74. The Morgan fingerprint density at radius 3 is 2.72 bits per heavy atom. The Bertz CT molecular complexity index is 1280. The first-order valence-electron chi connectivity index (χ1n) is 10.0. The highest BCUT2D eigenvalue weighted by Gasteiger charge is 2.13. The van der Waals surface area contributed by atoms with Gasteiger partial charge in [0.1, 0.15) is 5.82 Å². The summed E-state index contributed by atoms with van der Waals surface area (Å²) in [5.74, 6) is -0.284. The molecule has 4 aromatic rings. The van der Waals surface area contributed by atoms with Gasteiger partial charge in [0.05, 0.1) is 17.1 Å². The summed E-state index contributed by atoms with van der Waals surface area (Å²) in [5, 5.41) is 4.99. The predicted molar refractivity (Wildman–Crippen MR) is 111 cm³/mol. The molecule has 1 aliphatic rings. The molecule has 0 saturated carbocycles. The van der Waals surface area contributed by atoms with Crippen LogP contribution in [0.4, 0.5) is 4.39 Å². The van der Waals surface area contributed by atoms with E-state index in [9.17, 15) is 9.18 Å². The molecule has 0 saturated heterocycles. The van der Waals surface area contributed by atoms with Crippen LogP contribution < -0.4 is 5.56 Å². The van der Waals surface area contributed by atoms with E-state index in [4.69, 9.17) is 0 Å². The fourth-order valence-electron chi connectivity index (χ4n) is 4.06. The summed E-state index contributed by atoms with van der Waals surface area (Å²) in [7, 11) is 0. The van der Waals surface area contributed by atoms with Crippen LogP contribution in [0.25, 0.3) is 27.7 Å². The van der Waals surface area contributed by atoms with Gasteiger partial charge in [0.15, 0.2) is 5.65 Å². The molecule has 5 rings (SSSR count). The van der Waals surface area contributed by atoms with E-state index < -0.39 is 0 Å². The number of aryl methyl sites for hydroxylation is 1. The Kier molecular flexibility index (Phi) is 4.46. The number of pyridine rings is 1. The lowest BCUT2D eigenvalue weighted by molar-refractivity contribution is 0.616. The summed E-state index contributed by atoms with van der Waals surface area (Å²) < 4.78 is 16.7. The number of fused-ring (bicyclic) bond motifs is 3. The molecule has 0 N–H and O–H groups in total. The van der Waals surface area contributed by atoms with E-state index in [2.05, 4.69) is 16.2 Å². The van der Waals surface area contributed by atoms with Crippen LogP contribution >= 0.6 is 0 Å². The second-order valence-electron chi connectivity index (χ2n) is 7.53. The number of halogens is 1. The standard InChI is InChI=1S/C23H21FN4O/c24-18-8-6-17(7-9-18)19-15-26-28-21-11-13-27(12-10-16-4-2-1-3-5-16)23(29)20(21)14-25-22(19)28/h4,6-9,11,13-15H,1-3,5,10,12H2. The average Bonchev–Trinajstić information content (AvgIpc) is 3.19. The minimum atomic E-state index is -0.284. The van der Waals surface area contributed by atoms with Gasteiger partial charge in [0, 0.05) is 24.5 Å². The normalized spacial score (nSPS) is 14.4. The van der Waals surface area contributed by atoms with Crippen molar-refractivity contribution in [2.75, 3.05) is 0 Å². The molecule has 1 aliphatic carbocycles. The van der Waals surface area contributed by atoms with Crippen molar-refractivity contribution in [3.05, 3.63) is 76.7 Å². The first-order valence-corrected chi connectivity index (χ1v) is 10.0. The molecule has 5 nitrogen and oxygen atoms in total. The van der Waals surface area contributed by atoms with Gasteiger partial charge in [0.25, 0.3) is 5.56 Å². The molecule has 6 heteroatoms. The maximum absolute atomic E-state index is 13.2. The molecule has 0 amide bonds. The molecule has 0 spiro atoms. The van der Waals surface area contributed by atoms with E-state index >= 15 is 0 Å². The third kappa shape index (κ3) is 3.24. The third-order valence-corrected chi connectivity index (χ3v) is 5.68. The molecule has 3 heterocycles. The zero-order valence-corrected chi connectivity index (χ0v) is 16.0. The van der Waals surface area contributed by atoms with E-state index in [1.165, 1.54) is 30.5 Å². The molecule has 0 fully saturated rings. The maximum atomic E-state index is 13.2. The molecule has 0 bridgehead atoms. The van der Waals surface area contributed by atoms with Crippen LogP contribution in [-0.2, 0) is 6.54 Å². The fraction of sp³-hybridized carbons (Fsp3) is 0.261. The summed E-state index contributed by atoms with van der Waals surface area (Å²) in [6.45, 7) is 0.679. The number of nitrogens with zero attached hydrogens (tertiary/aromatic N) is 4. The highest BCUT2D eigenvalue weighted by Crippen LogP contribution is 2.25. The van der Waals surface area contributed by atoms with Gasteiger partial charge in [0.2, 0.25) is 0 Å². The zero-order chi connectivity index (χ0) is 19.8. The lowest BCUT2D eigenvalue weighted by atomic mass is 9.97. The van der Waals surface area contributed by atoms with Crippen molar-refractivity contribution >= 4 is 16.6 Å². The second-order valence-corrected chi connectivity index (χ2v) is 7.53. The van der Waals surface area contributed by atoms with Crippen LogP contribution in [0, 0.1) is 5.82 Å². The van der Waals surface area contributed by atoms with Gasteiger partial charge in [-0.15, -0.1) is 0 Å². The quantitative estimate of drug-likeness (QED) is 0.475. The smallest absolute Gasteiger partial charge is 0.261 e. The van der Waals surface area contributed by atoms with Crippen LogP contribution in [0.5, 0.6) is 0 Å². The van der Waals surface area contributed by atoms with E-state index in [-0.39, 0.29) is 11.4 Å². The number of benzene rings is 1. The molecule has 146 valence electrons. The Hall–Kier alpha value is -3.28. The van der Waals surface area contributed by atoms with Gasteiger partial charge in [-0.25, -0.2) is 13.9 Å². The molecule has 1 aromatic carbocycles. The molecule has 0 radical (unpaired) electrons. The van der Waals surface area contributed by atoms with Crippen molar-refractivity contribution < 1.29 is 4.39 Å². The summed E-state index contributed by atoms with van der Waals surface area (Å²) in [5.41, 5.74) is 4.41. The topological polar surface area (TPSA) is 52.2 Å². The Morgan fingerprint density at radius 1 is 1.07 bits per heavy atom. The van der Waals surface area contributed by atoms with Crippen molar-refractivity contribution in [3.8, 4) is 11.1 Å². The number of hydrogen-bond acceptors (Lipinski definition) is 3. The van der Waals surface area contributed by atoms with Gasteiger partial charge >= 0.3 is 0 Å². The fourth-order valence-corrected chi connectivity index (χ4v) is 4.06. The van der Waals surface area contributed by atoms with Crippen molar-refractivity contribution in [1.82, 2.24) is 19.2 Å². The number of hydrogen-bond donors (Lipinski definition) is 0.